The number of para-hydroxylation sites is 1. The van der Waals surface area contributed by atoms with Crippen LogP contribution in [0.1, 0.15) is 36.1 Å². The largest absolute Gasteiger partial charge is 0.376 e. The number of anilines is 2. The minimum Gasteiger partial charge on any atom is -0.376 e. The minimum absolute atomic E-state index is 0.0129. The van der Waals surface area contributed by atoms with Gasteiger partial charge in [-0.15, -0.1) is 0 Å². The molecule has 0 saturated carbocycles. The van der Waals surface area contributed by atoms with E-state index in [-0.39, 0.29) is 12.3 Å². The van der Waals surface area contributed by atoms with E-state index in [1.165, 1.54) is 105 Å². The molecule has 1 aliphatic carbocycles. The van der Waals surface area contributed by atoms with Crippen LogP contribution in [-0.2, 0) is 5.41 Å². The molecule has 0 N–H and O–H groups in total. The van der Waals surface area contributed by atoms with E-state index in [1.807, 2.05) is 0 Å². The van der Waals surface area contributed by atoms with Crippen molar-refractivity contribution in [3.05, 3.63) is 150 Å². The van der Waals surface area contributed by atoms with Crippen LogP contribution < -0.4 is 15.7 Å². The fourth-order valence-corrected chi connectivity index (χ4v) is 9.55. The molecule has 1 aromatic heterocycles. The van der Waals surface area contributed by atoms with Crippen LogP contribution in [0.4, 0.5) is 11.4 Å². The van der Waals surface area contributed by atoms with Gasteiger partial charge in [-0.3, -0.25) is 0 Å². The third kappa shape index (κ3) is 3.11. The molecule has 0 fully saturated rings. The number of nitrogens with zero attached hydrogens (tertiary/aromatic N) is 2. The highest BCUT2D eigenvalue weighted by Gasteiger charge is 2.46. The van der Waals surface area contributed by atoms with Crippen LogP contribution in [0.2, 0.25) is 0 Å². The number of aromatic nitrogens is 1. The first-order chi connectivity index (χ1) is 23.4. The summed E-state index contributed by atoms with van der Waals surface area (Å²) in [4.78, 5) is 2.67. The zero-order chi connectivity index (χ0) is 32.1. The standard InChI is InChI=1S/C45H33BN2/c1-26-17-20-28(21-18-26)48-40-25-36-33(29-11-7-9-15-35(29)45(36,3)4)24-34(40)41-30-12-5-6-13-31(30)42-32-14-8-10-16-38(32)47-39-22-19-27(2)23-37(39)46(48)43(41)44(42)47/h5-25H,1-4H3. The van der Waals surface area contributed by atoms with Crippen molar-refractivity contribution in [1.82, 2.24) is 4.57 Å². The normalized spacial score (nSPS) is 14.8. The summed E-state index contributed by atoms with van der Waals surface area (Å²) in [5, 5.41) is 5.33. The van der Waals surface area contributed by atoms with Crippen LogP contribution in [0.25, 0.3) is 60.5 Å². The Labute approximate surface area is 281 Å². The Balaban J connectivity index is 1.40. The second-order valence-electron chi connectivity index (χ2n) is 14.7. The lowest BCUT2D eigenvalue weighted by molar-refractivity contribution is 0.660. The molecule has 2 nitrogen and oxygen atoms in total. The molecule has 3 heterocycles. The van der Waals surface area contributed by atoms with E-state index in [9.17, 15) is 0 Å². The number of fused-ring (bicyclic) bond motifs is 14. The van der Waals surface area contributed by atoms with Gasteiger partial charge in [-0.25, -0.2) is 0 Å². The summed E-state index contributed by atoms with van der Waals surface area (Å²) in [7, 11) is 0. The number of hydrogen-bond donors (Lipinski definition) is 0. The van der Waals surface area contributed by atoms with Crippen LogP contribution in [0.5, 0.6) is 0 Å². The van der Waals surface area contributed by atoms with Gasteiger partial charge in [0.25, 0.3) is 0 Å². The van der Waals surface area contributed by atoms with Gasteiger partial charge in [0, 0.05) is 38.8 Å². The minimum atomic E-state index is -0.0975. The monoisotopic (exact) mass is 612 g/mol. The van der Waals surface area contributed by atoms with Crippen molar-refractivity contribution in [3.8, 4) is 27.9 Å². The summed E-state index contributed by atoms with van der Waals surface area (Å²) in [6.45, 7) is 9.23. The van der Waals surface area contributed by atoms with E-state index < -0.39 is 0 Å². The molecule has 8 aromatic rings. The summed E-state index contributed by atoms with van der Waals surface area (Å²) >= 11 is 0. The highest BCUT2D eigenvalue weighted by atomic mass is 15.1. The quantitative estimate of drug-likeness (QED) is 0.168. The Bertz CT molecular complexity index is 2730. The van der Waals surface area contributed by atoms with Gasteiger partial charge in [0.1, 0.15) is 0 Å². The van der Waals surface area contributed by atoms with Gasteiger partial charge in [0.15, 0.2) is 0 Å². The molecular weight excluding hydrogens is 579 g/mol. The van der Waals surface area contributed by atoms with E-state index in [1.54, 1.807) is 0 Å². The van der Waals surface area contributed by atoms with Crippen molar-refractivity contribution in [2.45, 2.75) is 33.1 Å². The maximum atomic E-state index is 2.67. The summed E-state index contributed by atoms with van der Waals surface area (Å²) in [6, 6.07) is 48.6. The maximum Gasteiger partial charge on any atom is 0.333 e. The van der Waals surface area contributed by atoms with E-state index >= 15 is 0 Å². The van der Waals surface area contributed by atoms with Gasteiger partial charge in [0.05, 0.1) is 11.0 Å². The lowest BCUT2D eigenvalue weighted by atomic mass is 9.43. The number of benzene rings is 7. The van der Waals surface area contributed by atoms with Gasteiger partial charge in [0.2, 0.25) is 0 Å². The first-order valence-electron chi connectivity index (χ1n) is 17.1. The number of rotatable bonds is 1. The van der Waals surface area contributed by atoms with E-state index in [4.69, 9.17) is 0 Å². The smallest absolute Gasteiger partial charge is 0.333 e. The first kappa shape index (κ1) is 26.5. The Morgan fingerprint density at radius 2 is 1.27 bits per heavy atom. The lowest BCUT2D eigenvalue weighted by Gasteiger charge is -2.43. The van der Waals surface area contributed by atoms with Crippen molar-refractivity contribution in [2.75, 3.05) is 4.81 Å². The molecule has 0 radical (unpaired) electrons. The molecule has 0 amide bonds. The fraction of sp³-hybridized carbons (Fsp3) is 0.111. The van der Waals surface area contributed by atoms with Crippen molar-refractivity contribution >= 4 is 61.7 Å². The average Bonchev–Trinajstić information content (AvgIpc) is 3.57. The summed E-state index contributed by atoms with van der Waals surface area (Å²) < 4.78 is 2.57. The molecule has 0 bridgehead atoms. The molecule has 0 atom stereocenters. The Morgan fingerprint density at radius 1 is 0.562 bits per heavy atom. The van der Waals surface area contributed by atoms with Crippen molar-refractivity contribution in [2.24, 2.45) is 0 Å². The Hall–Kier alpha value is -5.54. The summed E-state index contributed by atoms with van der Waals surface area (Å²) in [6.07, 6.45) is 0. The predicted molar refractivity (Wildman–Crippen MR) is 204 cm³/mol. The fourth-order valence-electron chi connectivity index (χ4n) is 9.55. The van der Waals surface area contributed by atoms with Gasteiger partial charge in [-0.2, -0.15) is 0 Å². The van der Waals surface area contributed by atoms with Crippen molar-refractivity contribution < 1.29 is 0 Å². The van der Waals surface area contributed by atoms with E-state index in [0.717, 1.165) is 0 Å². The molecule has 48 heavy (non-hydrogen) atoms. The zero-order valence-corrected chi connectivity index (χ0v) is 27.6. The SMILES string of the molecule is Cc1ccc(N2B3c4cc(C)ccc4-n4c5ccccc5c5c6ccccc6c(c3c54)-c3cc4c(cc32)C(C)(C)c2ccccc2-4)cc1. The molecule has 7 aromatic carbocycles. The molecule has 3 heteroatoms. The second-order valence-corrected chi connectivity index (χ2v) is 14.7. The molecule has 2 aliphatic heterocycles. The van der Waals surface area contributed by atoms with Crippen LogP contribution >= 0.6 is 0 Å². The zero-order valence-electron chi connectivity index (χ0n) is 27.6. The summed E-state index contributed by atoms with van der Waals surface area (Å²) in [5.74, 6) is 0. The summed E-state index contributed by atoms with van der Waals surface area (Å²) in [5.41, 5.74) is 19.9. The molecule has 0 spiro atoms. The number of aryl methyl sites for hydroxylation is 2. The van der Waals surface area contributed by atoms with Crippen LogP contribution in [0, 0.1) is 13.8 Å². The molecule has 3 aliphatic rings. The van der Waals surface area contributed by atoms with Gasteiger partial charge < -0.3 is 9.38 Å². The van der Waals surface area contributed by atoms with E-state index in [2.05, 4.69) is 164 Å². The third-order valence-corrected chi connectivity index (χ3v) is 11.7. The topological polar surface area (TPSA) is 8.17 Å². The second kappa shape index (κ2) is 8.88. The molecule has 0 unspecified atom stereocenters. The van der Waals surface area contributed by atoms with E-state index in [0.29, 0.717) is 0 Å². The third-order valence-electron chi connectivity index (χ3n) is 11.7. The highest BCUT2D eigenvalue weighted by Crippen LogP contribution is 2.55. The Kier molecular flexibility index (Phi) is 4.90. The van der Waals surface area contributed by atoms with Crippen LogP contribution in [0.3, 0.4) is 0 Å². The predicted octanol–water partition coefficient (Wildman–Crippen LogP) is 10.1. The van der Waals surface area contributed by atoms with Crippen LogP contribution in [-0.4, -0.2) is 11.4 Å². The molecule has 0 saturated heterocycles. The van der Waals surface area contributed by atoms with Gasteiger partial charge >= 0.3 is 6.85 Å². The van der Waals surface area contributed by atoms with Crippen molar-refractivity contribution in [1.29, 1.82) is 0 Å². The molecular formula is C45H33BN2. The highest BCUT2D eigenvalue weighted by molar-refractivity contribution is 6.94. The number of hydrogen-bond acceptors (Lipinski definition) is 1. The Morgan fingerprint density at radius 3 is 2.10 bits per heavy atom. The van der Waals surface area contributed by atoms with Crippen molar-refractivity contribution in [3.63, 3.8) is 0 Å². The molecule has 11 rings (SSSR count). The lowest BCUT2D eigenvalue weighted by Crippen LogP contribution is -2.60. The average molecular weight is 613 g/mol. The molecule has 226 valence electrons. The van der Waals surface area contributed by atoms with Crippen LogP contribution in [0.15, 0.2) is 127 Å². The van der Waals surface area contributed by atoms with Gasteiger partial charge in [-0.1, -0.05) is 116 Å². The first-order valence-corrected chi connectivity index (χ1v) is 17.1. The maximum absolute atomic E-state index is 2.67. The van der Waals surface area contributed by atoms with Gasteiger partial charge in [-0.05, 0) is 99.8 Å².